The van der Waals surface area contributed by atoms with Crippen LogP contribution < -0.4 is 4.90 Å². The second-order valence-corrected chi connectivity index (χ2v) is 9.41. The van der Waals surface area contributed by atoms with E-state index in [1.165, 1.54) is 17.0 Å². The van der Waals surface area contributed by atoms with E-state index in [-0.39, 0.29) is 18.8 Å². The highest BCUT2D eigenvalue weighted by Gasteiger charge is 2.33. The van der Waals surface area contributed by atoms with Gasteiger partial charge >= 0.3 is 18.2 Å². The van der Waals surface area contributed by atoms with E-state index in [4.69, 9.17) is 4.74 Å². The molecule has 0 saturated carbocycles. The first-order valence-corrected chi connectivity index (χ1v) is 11.8. The van der Waals surface area contributed by atoms with Gasteiger partial charge in [0.05, 0.1) is 29.9 Å². The second kappa shape index (κ2) is 11.3. The van der Waals surface area contributed by atoms with Crippen molar-refractivity contribution in [3.63, 3.8) is 0 Å². The lowest BCUT2D eigenvalue weighted by Gasteiger charge is -2.39. The Kier molecular flexibility index (Phi) is 8.63. The largest absolute Gasteiger partial charge is 0.462 e. The zero-order valence-corrected chi connectivity index (χ0v) is 20.7. The Balaban J connectivity index is 1.83. The fourth-order valence-electron chi connectivity index (χ4n) is 4.08. The van der Waals surface area contributed by atoms with Crippen molar-refractivity contribution in [2.75, 3.05) is 44.2 Å². The van der Waals surface area contributed by atoms with Crippen molar-refractivity contribution in [2.24, 2.45) is 0 Å². The molecule has 2 amide bonds. The zero-order valence-electron chi connectivity index (χ0n) is 20.7. The number of amides is 2. The van der Waals surface area contributed by atoms with E-state index in [2.05, 4.69) is 0 Å². The van der Waals surface area contributed by atoms with Gasteiger partial charge in [-0.3, -0.25) is 9.80 Å². The van der Waals surface area contributed by atoms with Crippen molar-refractivity contribution in [3.8, 4) is 0 Å². The van der Waals surface area contributed by atoms with E-state index in [9.17, 15) is 27.9 Å². The third-order valence-electron chi connectivity index (χ3n) is 5.78. The van der Waals surface area contributed by atoms with Gasteiger partial charge in [-0.25, -0.2) is 9.59 Å². The van der Waals surface area contributed by atoms with Crippen molar-refractivity contribution in [1.29, 1.82) is 0 Å². The summed E-state index contributed by atoms with van der Waals surface area (Å²) in [5.41, 5.74) is -0.588. The molecule has 7 nitrogen and oxygen atoms in total. The maximum absolute atomic E-state index is 13.5. The molecule has 0 bridgehead atoms. The standard InChI is InChI=1S/C26H32F3N3O4/c1-4-36-23(33)20-10-8-19(9-11-20)17-32(22-7-5-6-21(16-22)26(27,28)29)24(34)31-14-12-30(13-15-31)18-25(2,3)35/h5-11,16,35H,4,12-15,17-18H2,1-3H3. The molecule has 2 aromatic carbocycles. The van der Waals surface area contributed by atoms with Gasteiger partial charge in [0, 0.05) is 38.4 Å². The van der Waals surface area contributed by atoms with Crippen LogP contribution in [0.5, 0.6) is 0 Å². The maximum atomic E-state index is 13.5. The average Bonchev–Trinajstić information content (AvgIpc) is 2.82. The van der Waals surface area contributed by atoms with Gasteiger partial charge in [0.25, 0.3) is 0 Å². The molecule has 1 heterocycles. The number of urea groups is 1. The summed E-state index contributed by atoms with van der Waals surface area (Å²) < 4.78 is 45.2. The Labute approximate surface area is 209 Å². The molecule has 36 heavy (non-hydrogen) atoms. The van der Waals surface area contributed by atoms with Gasteiger partial charge in [0.15, 0.2) is 0 Å². The smallest absolute Gasteiger partial charge is 0.416 e. The minimum Gasteiger partial charge on any atom is -0.462 e. The van der Waals surface area contributed by atoms with Crippen LogP contribution in [-0.2, 0) is 17.5 Å². The SMILES string of the molecule is CCOC(=O)c1ccc(CN(C(=O)N2CCN(CC(C)(C)O)CC2)c2cccc(C(F)(F)F)c2)cc1. The maximum Gasteiger partial charge on any atom is 0.416 e. The second-order valence-electron chi connectivity index (χ2n) is 9.41. The monoisotopic (exact) mass is 507 g/mol. The van der Waals surface area contributed by atoms with Crippen LogP contribution in [0.1, 0.15) is 42.3 Å². The number of esters is 1. The molecule has 1 fully saturated rings. The summed E-state index contributed by atoms with van der Waals surface area (Å²) in [4.78, 5) is 30.5. The Morgan fingerprint density at radius 2 is 1.67 bits per heavy atom. The molecule has 196 valence electrons. The minimum absolute atomic E-state index is 0.0210. The van der Waals surface area contributed by atoms with E-state index in [1.807, 2.05) is 4.90 Å². The van der Waals surface area contributed by atoms with Gasteiger partial charge in [-0.2, -0.15) is 13.2 Å². The van der Waals surface area contributed by atoms with Crippen LogP contribution in [0.25, 0.3) is 0 Å². The van der Waals surface area contributed by atoms with E-state index in [1.54, 1.807) is 49.9 Å². The summed E-state index contributed by atoms with van der Waals surface area (Å²) in [6.07, 6.45) is -4.55. The molecule has 1 saturated heterocycles. The first-order chi connectivity index (χ1) is 16.9. The number of aliphatic hydroxyl groups is 1. The number of anilines is 1. The van der Waals surface area contributed by atoms with Crippen LogP contribution in [0.3, 0.4) is 0 Å². The minimum atomic E-state index is -4.55. The highest BCUT2D eigenvalue weighted by atomic mass is 19.4. The van der Waals surface area contributed by atoms with Crippen molar-refractivity contribution >= 4 is 17.7 Å². The van der Waals surface area contributed by atoms with E-state index in [0.29, 0.717) is 43.9 Å². The van der Waals surface area contributed by atoms with Gasteiger partial charge in [-0.1, -0.05) is 18.2 Å². The number of carbonyl (C=O) groups is 2. The van der Waals surface area contributed by atoms with E-state index in [0.717, 1.165) is 12.1 Å². The normalized spacial score (nSPS) is 15.0. The Bertz CT molecular complexity index is 1040. The van der Waals surface area contributed by atoms with Gasteiger partial charge in [-0.15, -0.1) is 0 Å². The molecular formula is C26H32F3N3O4. The molecule has 0 aliphatic carbocycles. The van der Waals surface area contributed by atoms with Crippen LogP contribution >= 0.6 is 0 Å². The first kappa shape index (κ1) is 27.5. The number of nitrogens with zero attached hydrogens (tertiary/aromatic N) is 3. The van der Waals surface area contributed by atoms with Crippen LogP contribution in [0.15, 0.2) is 48.5 Å². The van der Waals surface area contributed by atoms with Crippen LogP contribution in [0.2, 0.25) is 0 Å². The number of β-amino-alcohol motifs (C(OH)–C–C–N with tert-alkyl or cyclic N) is 1. The van der Waals surface area contributed by atoms with Gasteiger partial charge in [0.1, 0.15) is 0 Å². The van der Waals surface area contributed by atoms with Crippen LogP contribution in [-0.4, -0.2) is 71.8 Å². The first-order valence-electron chi connectivity index (χ1n) is 11.8. The predicted molar refractivity (Wildman–Crippen MR) is 130 cm³/mol. The molecule has 1 aliphatic rings. The molecule has 10 heteroatoms. The van der Waals surface area contributed by atoms with Crippen molar-refractivity contribution in [3.05, 3.63) is 65.2 Å². The molecule has 0 radical (unpaired) electrons. The summed E-state index contributed by atoms with van der Waals surface area (Å²) in [5.74, 6) is -0.473. The summed E-state index contributed by atoms with van der Waals surface area (Å²) in [5, 5.41) is 10.1. The fraction of sp³-hybridized carbons (Fsp3) is 0.462. The van der Waals surface area contributed by atoms with Gasteiger partial charge in [0.2, 0.25) is 0 Å². The molecule has 1 N–H and O–H groups in total. The number of hydrogen-bond donors (Lipinski definition) is 1. The van der Waals surface area contributed by atoms with Gasteiger partial charge in [-0.05, 0) is 56.7 Å². The molecular weight excluding hydrogens is 475 g/mol. The third-order valence-corrected chi connectivity index (χ3v) is 5.78. The number of halogens is 3. The number of benzene rings is 2. The lowest BCUT2D eigenvalue weighted by atomic mass is 10.1. The number of piperazine rings is 1. The molecule has 0 atom stereocenters. The van der Waals surface area contributed by atoms with Crippen molar-refractivity contribution in [2.45, 2.75) is 39.1 Å². The number of carbonyl (C=O) groups excluding carboxylic acids is 2. The lowest BCUT2D eigenvalue weighted by Crippen LogP contribution is -2.54. The fourth-order valence-corrected chi connectivity index (χ4v) is 4.08. The lowest BCUT2D eigenvalue weighted by molar-refractivity contribution is -0.137. The molecule has 0 unspecified atom stereocenters. The number of alkyl halides is 3. The van der Waals surface area contributed by atoms with Crippen LogP contribution in [0.4, 0.5) is 23.7 Å². The van der Waals surface area contributed by atoms with Crippen LogP contribution in [0, 0.1) is 0 Å². The molecule has 3 rings (SSSR count). The van der Waals surface area contributed by atoms with Gasteiger partial charge < -0.3 is 14.7 Å². The Morgan fingerprint density at radius 1 is 1.03 bits per heavy atom. The predicted octanol–water partition coefficient (Wildman–Crippen LogP) is 4.40. The summed E-state index contributed by atoms with van der Waals surface area (Å²) >= 11 is 0. The summed E-state index contributed by atoms with van der Waals surface area (Å²) in [6.45, 7) is 7.70. The Morgan fingerprint density at radius 3 is 2.22 bits per heavy atom. The highest BCUT2D eigenvalue weighted by molar-refractivity contribution is 5.92. The Hall–Kier alpha value is -3.11. The topological polar surface area (TPSA) is 73.3 Å². The molecule has 0 aromatic heterocycles. The van der Waals surface area contributed by atoms with E-state index >= 15 is 0 Å². The summed E-state index contributed by atoms with van der Waals surface area (Å²) in [6, 6.07) is 10.7. The third kappa shape index (κ3) is 7.44. The van der Waals surface area contributed by atoms with Crippen molar-refractivity contribution in [1.82, 2.24) is 9.80 Å². The number of ether oxygens (including phenoxy) is 1. The van der Waals surface area contributed by atoms with E-state index < -0.39 is 29.3 Å². The van der Waals surface area contributed by atoms with Crippen molar-refractivity contribution < 1.29 is 32.6 Å². The quantitative estimate of drug-likeness (QED) is 0.563. The highest BCUT2D eigenvalue weighted by Crippen LogP contribution is 2.32. The average molecular weight is 508 g/mol. The zero-order chi connectivity index (χ0) is 26.5. The number of hydrogen-bond acceptors (Lipinski definition) is 5. The molecule has 1 aliphatic heterocycles. The molecule has 2 aromatic rings. The molecule has 0 spiro atoms. The summed E-state index contributed by atoms with van der Waals surface area (Å²) in [7, 11) is 0. The number of rotatable bonds is 7.